The van der Waals surface area contributed by atoms with E-state index in [9.17, 15) is 102 Å². The number of amides is 15. The molecular weight excluding hydrogens is 1510 g/mol. The van der Waals surface area contributed by atoms with Gasteiger partial charge in [-0.2, -0.15) is 0 Å². The average Bonchev–Trinajstić information content (AvgIpc) is 1.65. The number of nitrogens with zero attached hydrogens (tertiary/aromatic N) is 4. The minimum atomic E-state index is -1.85. The predicted molar refractivity (Wildman–Crippen MR) is 419 cm³/mol. The summed E-state index contributed by atoms with van der Waals surface area (Å²) < 4.78 is 0. The molecule has 648 valence electrons. The highest BCUT2D eigenvalue weighted by atomic mass is 16.4. The number of hydrogen-bond acceptors (Lipinski definition) is 22. The number of carbonyl (C=O) groups is 17. The van der Waals surface area contributed by atoms with Crippen molar-refractivity contribution in [3.05, 3.63) is 35.9 Å². The number of aliphatic carboxylic acids is 2. The number of aliphatic hydroxyl groups excluding tert-OH is 2. The van der Waals surface area contributed by atoms with E-state index in [0.29, 0.717) is 69.8 Å². The van der Waals surface area contributed by atoms with Crippen LogP contribution in [0.4, 0.5) is 0 Å². The van der Waals surface area contributed by atoms with Crippen molar-refractivity contribution in [2.24, 2.45) is 35.0 Å². The quantitative estimate of drug-likeness (QED) is 0.0273. The standard InChI is InChI=1S/C77H124N18O21/c1-10-42(5)60(90-72(110)61(43(6)11-2)89-69(107)56-30-22-36-95(56)76(114)52(40-96)87-68(106)54-28-20-33-92(54)73(111)44(7)80)71(109)85-48(25-15-17-31-78)63(101)86-51(37-47-23-13-12-14-24-47)75(113)94-35-19-27-53(94)66(104)81-39-57(98)83-50(38-58(99)100)65(103)88-59(41(3)4)70(108)82-45(8)74(112)93-34-21-29-55(93)67(105)84-49(26-16-18-32-79)64(102)91-62(46(9)97)77(115)116/h12-14,23-24,41-46,48-56,59-62,96-97H,10-11,15-22,25-40,78-80H2,1-9H3,(H,81,104)(H,82,108)(H,83,98)(H,84,105)(H,85,109)(H,86,101)(H,87,106)(H,88,103)(H,89,107)(H,90,110)(H,91,102)(H,99,100)(H,115,116)/t42-,43-,44-,45-,46+,48-,49-,50-,51-,52-,53-,54-,55-,56-,59-,60-,61-,62-/m0/s1. The summed E-state index contributed by atoms with van der Waals surface area (Å²) >= 11 is 0. The predicted octanol–water partition coefficient (Wildman–Crippen LogP) is -4.54. The lowest BCUT2D eigenvalue weighted by Crippen LogP contribution is -2.62. The lowest BCUT2D eigenvalue weighted by molar-refractivity contribution is -0.145. The van der Waals surface area contributed by atoms with Gasteiger partial charge in [-0.25, -0.2) is 4.79 Å². The number of carboxylic acid groups (broad SMARTS) is 2. The molecule has 0 aromatic heterocycles. The maximum Gasteiger partial charge on any atom is 0.328 e. The first kappa shape index (κ1) is 96.6. The van der Waals surface area contributed by atoms with Crippen LogP contribution in [-0.2, 0) is 87.9 Å². The lowest BCUT2D eigenvalue weighted by atomic mass is 9.94. The molecule has 0 bridgehead atoms. The van der Waals surface area contributed by atoms with Crippen LogP contribution in [0.2, 0.25) is 0 Å². The van der Waals surface area contributed by atoms with E-state index in [1.165, 1.54) is 54.2 Å². The Labute approximate surface area is 675 Å². The number of unbranched alkanes of at least 4 members (excludes halogenated alkanes) is 2. The van der Waals surface area contributed by atoms with Crippen molar-refractivity contribution in [3.63, 3.8) is 0 Å². The van der Waals surface area contributed by atoms with Gasteiger partial charge >= 0.3 is 11.9 Å². The maximum atomic E-state index is 15.0. The molecule has 39 heteroatoms. The summed E-state index contributed by atoms with van der Waals surface area (Å²) in [7, 11) is 0. The second kappa shape index (κ2) is 47.3. The van der Waals surface area contributed by atoms with Gasteiger partial charge in [-0.1, -0.05) is 84.7 Å². The van der Waals surface area contributed by atoms with Crippen LogP contribution in [0.1, 0.15) is 177 Å². The number of rotatable bonds is 46. The first-order chi connectivity index (χ1) is 54.9. The lowest BCUT2D eigenvalue weighted by Gasteiger charge is -2.33. The fourth-order valence-corrected chi connectivity index (χ4v) is 14.6. The van der Waals surface area contributed by atoms with Crippen molar-refractivity contribution >= 4 is 101 Å². The van der Waals surface area contributed by atoms with E-state index in [1.54, 1.807) is 58.0 Å². The molecule has 0 aliphatic carbocycles. The van der Waals surface area contributed by atoms with Crippen LogP contribution in [0.5, 0.6) is 0 Å². The summed E-state index contributed by atoms with van der Waals surface area (Å²) in [6, 6.07) is -11.1. The van der Waals surface area contributed by atoms with Crippen molar-refractivity contribution in [1.82, 2.24) is 78.1 Å². The highest BCUT2D eigenvalue weighted by molar-refractivity contribution is 6.01. The maximum absolute atomic E-state index is 15.0. The molecule has 4 aliphatic heterocycles. The number of nitrogens with two attached hydrogens (primary N) is 3. The van der Waals surface area contributed by atoms with E-state index in [0.717, 1.165) is 0 Å². The molecule has 0 saturated carbocycles. The fraction of sp³-hybridized carbons (Fsp3) is 0.701. The molecule has 5 rings (SSSR count). The fourth-order valence-electron chi connectivity index (χ4n) is 14.6. The Balaban J connectivity index is 1.25. The molecule has 4 heterocycles. The molecule has 4 aliphatic rings. The largest absolute Gasteiger partial charge is 0.481 e. The average molecular weight is 1640 g/mol. The van der Waals surface area contributed by atoms with Gasteiger partial charge in [0.05, 0.1) is 31.7 Å². The van der Waals surface area contributed by atoms with Gasteiger partial charge in [-0.15, -0.1) is 0 Å². The zero-order valence-corrected chi connectivity index (χ0v) is 68.0. The number of carboxylic acids is 2. The second-order valence-corrected chi connectivity index (χ2v) is 30.9. The Morgan fingerprint density at radius 2 is 0.853 bits per heavy atom. The number of aliphatic hydroxyl groups is 2. The van der Waals surface area contributed by atoms with Crippen molar-refractivity contribution in [1.29, 1.82) is 0 Å². The zero-order chi connectivity index (χ0) is 86.4. The van der Waals surface area contributed by atoms with Gasteiger partial charge in [0, 0.05) is 32.6 Å². The molecule has 39 nitrogen and oxygen atoms in total. The van der Waals surface area contributed by atoms with Crippen molar-refractivity contribution in [3.8, 4) is 0 Å². The Morgan fingerprint density at radius 1 is 0.448 bits per heavy atom. The minimum absolute atomic E-state index is 0.00229. The SMILES string of the molecule is CC[C@H](C)[C@H](NC(=O)[C@@H](NC(=O)[C@@H]1CCCN1C(=O)[C@H](CO)NC(=O)[C@@H]1CCCN1C(=O)[C@H](C)N)[C@@H](C)CC)C(=O)N[C@@H](CCCCN)C(=O)N[C@@H](Cc1ccccc1)C(=O)N1CCC[C@H]1C(=O)NCC(=O)N[C@@H](CC(=O)O)C(=O)N[C@H](C(=O)N[C@@H](C)C(=O)N1CCC[C@H]1C(=O)N[C@@H](CCCCN)C(=O)N[C@H](C(=O)O)[C@@H](C)O)C(C)C. The van der Waals surface area contributed by atoms with Gasteiger partial charge < -0.3 is 116 Å². The van der Waals surface area contributed by atoms with E-state index in [-0.39, 0.29) is 84.2 Å². The summed E-state index contributed by atoms with van der Waals surface area (Å²) in [5.41, 5.74) is 17.9. The van der Waals surface area contributed by atoms with Crippen LogP contribution in [0.3, 0.4) is 0 Å². The molecule has 0 spiro atoms. The highest BCUT2D eigenvalue weighted by Crippen LogP contribution is 2.26. The van der Waals surface area contributed by atoms with Crippen LogP contribution in [0.25, 0.3) is 0 Å². The molecular formula is C77H124N18O21. The van der Waals surface area contributed by atoms with Gasteiger partial charge in [-0.05, 0) is 147 Å². The zero-order valence-electron chi connectivity index (χ0n) is 68.0. The molecule has 15 amide bonds. The minimum Gasteiger partial charge on any atom is -0.481 e. The molecule has 4 saturated heterocycles. The Morgan fingerprint density at radius 3 is 1.32 bits per heavy atom. The Kier molecular flexibility index (Phi) is 39.4. The third-order valence-corrected chi connectivity index (χ3v) is 21.7. The Bertz CT molecular complexity index is 3590. The van der Waals surface area contributed by atoms with E-state index >= 15 is 0 Å². The van der Waals surface area contributed by atoms with Crippen LogP contribution < -0.4 is 75.7 Å². The number of carbonyl (C=O) groups excluding carboxylic acids is 15. The van der Waals surface area contributed by atoms with Crippen molar-refractivity contribution in [2.75, 3.05) is 52.4 Å². The van der Waals surface area contributed by atoms with Gasteiger partial charge in [0.2, 0.25) is 88.6 Å². The van der Waals surface area contributed by atoms with Crippen LogP contribution in [0.15, 0.2) is 30.3 Å². The molecule has 21 N–H and O–H groups in total. The molecule has 1 aromatic rings. The second-order valence-electron chi connectivity index (χ2n) is 30.9. The summed E-state index contributed by atoms with van der Waals surface area (Å²) in [5.74, 6) is -16.9. The first-order valence-electron chi connectivity index (χ1n) is 40.4. The van der Waals surface area contributed by atoms with E-state index in [2.05, 4.69) is 58.5 Å². The van der Waals surface area contributed by atoms with E-state index < -0.39 is 235 Å². The van der Waals surface area contributed by atoms with Crippen LogP contribution >= 0.6 is 0 Å². The van der Waals surface area contributed by atoms with Crippen LogP contribution in [-0.4, -0.2) is 290 Å². The number of hydrogen-bond donors (Lipinski definition) is 18. The van der Waals surface area contributed by atoms with Gasteiger partial charge in [-0.3, -0.25) is 76.7 Å². The normalized spacial score (nSPS) is 20.2. The molecule has 18 atom stereocenters. The van der Waals surface area contributed by atoms with Gasteiger partial charge in [0.25, 0.3) is 0 Å². The Hall–Kier alpha value is -9.99. The topological polar surface area (TPSA) is 594 Å². The third kappa shape index (κ3) is 27.9. The smallest absolute Gasteiger partial charge is 0.328 e. The number of nitrogens with one attached hydrogen (secondary N) is 11. The van der Waals surface area contributed by atoms with Gasteiger partial charge in [0.1, 0.15) is 78.5 Å². The highest BCUT2D eigenvalue weighted by Gasteiger charge is 2.46. The van der Waals surface area contributed by atoms with Gasteiger partial charge in [0.15, 0.2) is 6.04 Å². The number of benzene rings is 1. The summed E-state index contributed by atoms with van der Waals surface area (Å²) in [4.78, 5) is 240. The first-order valence-corrected chi connectivity index (χ1v) is 40.4. The third-order valence-electron chi connectivity index (χ3n) is 21.7. The summed E-state index contributed by atoms with van der Waals surface area (Å²) in [6.07, 6.45) is 1.85. The number of likely N-dealkylation sites (tertiary alicyclic amines) is 4. The summed E-state index contributed by atoms with van der Waals surface area (Å²) in [5, 5.41) is 68.2. The van der Waals surface area contributed by atoms with E-state index in [1.807, 2.05) is 0 Å². The molecule has 0 unspecified atom stereocenters. The van der Waals surface area contributed by atoms with Crippen molar-refractivity contribution < 1.29 is 102 Å². The molecule has 4 fully saturated rings. The van der Waals surface area contributed by atoms with Crippen molar-refractivity contribution in [2.45, 2.75) is 275 Å². The molecule has 116 heavy (non-hydrogen) atoms. The monoisotopic (exact) mass is 1640 g/mol. The molecule has 0 radical (unpaired) electrons. The molecule has 1 aromatic carbocycles. The van der Waals surface area contributed by atoms with Crippen LogP contribution in [0, 0.1) is 17.8 Å². The van der Waals surface area contributed by atoms with E-state index in [4.69, 9.17) is 17.2 Å². The summed E-state index contributed by atoms with van der Waals surface area (Å²) in [6.45, 7) is 13.3.